The minimum atomic E-state index is -0.360. The molecule has 0 radical (unpaired) electrons. The Kier molecular flexibility index (Phi) is 4.46. The second kappa shape index (κ2) is 6.10. The molecule has 106 valence electrons. The summed E-state index contributed by atoms with van der Waals surface area (Å²) in [7, 11) is 1.68. The third-order valence-electron chi connectivity index (χ3n) is 3.75. The summed E-state index contributed by atoms with van der Waals surface area (Å²) in [6, 6.07) is 16.7. The molecule has 0 aromatic heterocycles. The molecule has 0 spiro atoms. The van der Waals surface area contributed by atoms with Crippen LogP contribution in [0.1, 0.15) is 30.5 Å². The zero-order chi connectivity index (χ0) is 14.6. The summed E-state index contributed by atoms with van der Waals surface area (Å²) >= 11 is 0. The van der Waals surface area contributed by atoms with Gasteiger partial charge >= 0.3 is 0 Å². The molecule has 0 aliphatic heterocycles. The Bertz CT molecular complexity index is 541. The van der Waals surface area contributed by atoms with E-state index in [4.69, 9.17) is 10.5 Å². The monoisotopic (exact) mass is 269 g/mol. The van der Waals surface area contributed by atoms with Crippen LogP contribution in [0.2, 0.25) is 0 Å². The van der Waals surface area contributed by atoms with Crippen molar-refractivity contribution in [3.63, 3.8) is 0 Å². The van der Waals surface area contributed by atoms with Gasteiger partial charge in [-0.05, 0) is 48.6 Å². The average Bonchev–Trinajstić information content (AvgIpc) is 2.48. The Morgan fingerprint density at radius 2 is 1.50 bits per heavy atom. The van der Waals surface area contributed by atoms with E-state index in [0.29, 0.717) is 0 Å². The molecule has 2 rings (SSSR count). The van der Waals surface area contributed by atoms with Gasteiger partial charge in [-0.2, -0.15) is 0 Å². The summed E-state index contributed by atoms with van der Waals surface area (Å²) in [5.74, 6) is 0.875. The van der Waals surface area contributed by atoms with E-state index in [-0.39, 0.29) is 5.54 Å². The highest BCUT2D eigenvalue weighted by atomic mass is 16.5. The largest absolute Gasteiger partial charge is 0.497 e. The van der Waals surface area contributed by atoms with E-state index in [9.17, 15) is 0 Å². The predicted molar refractivity (Wildman–Crippen MR) is 84.1 cm³/mol. The van der Waals surface area contributed by atoms with Crippen molar-refractivity contribution < 1.29 is 4.74 Å². The van der Waals surface area contributed by atoms with Gasteiger partial charge < -0.3 is 10.5 Å². The molecular weight excluding hydrogens is 246 g/mol. The van der Waals surface area contributed by atoms with Gasteiger partial charge in [-0.25, -0.2) is 0 Å². The molecule has 0 fully saturated rings. The van der Waals surface area contributed by atoms with Gasteiger partial charge in [-0.1, -0.05) is 43.3 Å². The lowest BCUT2D eigenvalue weighted by molar-refractivity contribution is 0.414. The third-order valence-corrected chi connectivity index (χ3v) is 3.75. The molecule has 2 aromatic rings. The topological polar surface area (TPSA) is 35.2 Å². The molecule has 0 aliphatic carbocycles. The van der Waals surface area contributed by atoms with E-state index in [2.05, 4.69) is 50.2 Å². The van der Waals surface area contributed by atoms with Crippen LogP contribution < -0.4 is 10.5 Å². The van der Waals surface area contributed by atoms with Crippen molar-refractivity contribution >= 4 is 0 Å². The Labute approximate surface area is 121 Å². The highest BCUT2D eigenvalue weighted by Crippen LogP contribution is 2.24. The van der Waals surface area contributed by atoms with Gasteiger partial charge in [0.2, 0.25) is 0 Å². The van der Waals surface area contributed by atoms with Crippen molar-refractivity contribution in [1.82, 2.24) is 0 Å². The fraction of sp³-hybridized carbons (Fsp3) is 0.333. The van der Waals surface area contributed by atoms with Crippen LogP contribution in [0, 0.1) is 0 Å². The van der Waals surface area contributed by atoms with Crippen LogP contribution in [0.4, 0.5) is 0 Å². The van der Waals surface area contributed by atoms with Gasteiger partial charge in [0.15, 0.2) is 0 Å². The van der Waals surface area contributed by atoms with Gasteiger partial charge in [0.25, 0.3) is 0 Å². The maximum atomic E-state index is 6.50. The summed E-state index contributed by atoms with van der Waals surface area (Å²) in [4.78, 5) is 0. The number of ether oxygens (including phenoxy) is 1. The number of rotatable bonds is 5. The van der Waals surface area contributed by atoms with Crippen LogP contribution >= 0.6 is 0 Å². The quantitative estimate of drug-likeness (QED) is 0.898. The molecule has 2 heteroatoms. The second-order valence-electron chi connectivity index (χ2n) is 5.49. The van der Waals surface area contributed by atoms with Crippen molar-refractivity contribution in [2.75, 3.05) is 7.11 Å². The molecule has 0 bridgehead atoms. The van der Waals surface area contributed by atoms with E-state index in [1.54, 1.807) is 7.11 Å². The van der Waals surface area contributed by atoms with Gasteiger partial charge in [-0.3, -0.25) is 0 Å². The van der Waals surface area contributed by atoms with Gasteiger partial charge in [0.1, 0.15) is 5.75 Å². The number of benzene rings is 2. The first-order chi connectivity index (χ1) is 9.55. The summed E-state index contributed by atoms with van der Waals surface area (Å²) in [5, 5.41) is 0. The lowest BCUT2D eigenvalue weighted by Gasteiger charge is -2.26. The molecule has 1 atom stereocenters. The highest BCUT2D eigenvalue weighted by Gasteiger charge is 2.21. The van der Waals surface area contributed by atoms with Gasteiger partial charge in [0.05, 0.1) is 7.11 Å². The van der Waals surface area contributed by atoms with Crippen molar-refractivity contribution in [3.8, 4) is 5.75 Å². The molecule has 1 unspecified atom stereocenters. The SMILES string of the molecule is CCc1ccc(C(C)(N)Cc2ccc(OC)cc2)cc1. The first-order valence-electron chi connectivity index (χ1n) is 7.06. The summed E-state index contributed by atoms with van der Waals surface area (Å²) in [5.41, 5.74) is 9.87. The Balaban J connectivity index is 2.15. The van der Waals surface area contributed by atoms with E-state index in [1.807, 2.05) is 12.1 Å². The molecule has 0 saturated carbocycles. The number of methoxy groups -OCH3 is 1. The summed E-state index contributed by atoms with van der Waals surface area (Å²) in [6.07, 6.45) is 1.86. The minimum absolute atomic E-state index is 0.360. The lowest BCUT2D eigenvalue weighted by Crippen LogP contribution is -2.35. The van der Waals surface area contributed by atoms with Crippen LogP contribution in [0.5, 0.6) is 5.75 Å². The smallest absolute Gasteiger partial charge is 0.118 e. The second-order valence-corrected chi connectivity index (χ2v) is 5.49. The van der Waals surface area contributed by atoms with E-state index in [0.717, 1.165) is 18.6 Å². The maximum absolute atomic E-state index is 6.50. The lowest BCUT2D eigenvalue weighted by atomic mass is 9.86. The van der Waals surface area contributed by atoms with E-state index < -0.39 is 0 Å². The Hall–Kier alpha value is -1.80. The molecule has 0 heterocycles. The van der Waals surface area contributed by atoms with Gasteiger partial charge in [-0.15, -0.1) is 0 Å². The number of hydrogen-bond donors (Lipinski definition) is 1. The number of aryl methyl sites for hydroxylation is 1. The number of nitrogens with two attached hydrogens (primary N) is 1. The molecule has 0 aliphatic rings. The Morgan fingerprint density at radius 1 is 0.950 bits per heavy atom. The van der Waals surface area contributed by atoms with Gasteiger partial charge in [0, 0.05) is 5.54 Å². The molecular formula is C18H23NO. The minimum Gasteiger partial charge on any atom is -0.497 e. The number of hydrogen-bond acceptors (Lipinski definition) is 2. The van der Waals surface area contributed by atoms with Crippen molar-refractivity contribution in [1.29, 1.82) is 0 Å². The van der Waals surface area contributed by atoms with Crippen molar-refractivity contribution in [2.24, 2.45) is 5.73 Å². The highest BCUT2D eigenvalue weighted by molar-refractivity contribution is 5.32. The van der Waals surface area contributed by atoms with E-state index in [1.165, 1.54) is 16.7 Å². The first kappa shape index (κ1) is 14.6. The van der Waals surface area contributed by atoms with Crippen LogP contribution in [0.25, 0.3) is 0 Å². The average molecular weight is 269 g/mol. The summed E-state index contributed by atoms with van der Waals surface area (Å²) < 4.78 is 5.18. The molecule has 2 N–H and O–H groups in total. The van der Waals surface area contributed by atoms with Crippen LogP contribution in [-0.4, -0.2) is 7.11 Å². The predicted octanol–water partition coefficient (Wildman–Crippen LogP) is 3.67. The zero-order valence-electron chi connectivity index (χ0n) is 12.5. The Morgan fingerprint density at radius 3 is 2.00 bits per heavy atom. The molecule has 20 heavy (non-hydrogen) atoms. The third kappa shape index (κ3) is 3.40. The molecule has 0 amide bonds. The van der Waals surface area contributed by atoms with Crippen LogP contribution in [0.3, 0.4) is 0 Å². The first-order valence-corrected chi connectivity index (χ1v) is 7.06. The fourth-order valence-corrected chi connectivity index (χ4v) is 2.39. The molecule has 2 aromatic carbocycles. The van der Waals surface area contributed by atoms with Crippen molar-refractivity contribution in [3.05, 3.63) is 65.2 Å². The zero-order valence-corrected chi connectivity index (χ0v) is 12.5. The maximum Gasteiger partial charge on any atom is 0.118 e. The molecule has 0 saturated heterocycles. The standard InChI is InChI=1S/C18H23NO/c1-4-14-5-9-16(10-6-14)18(2,19)13-15-7-11-17(20-3)12-8-15/h5-12H,4,13,19H2,1-3H3. The van der Waals surface area contributed by atoms with Crippen LogP contribution in [-0.2, 0) is 18.4 Å². The van der Waals surface area contributed by atoms with Crippen LogP contribution in [0.15, 0.2) is 48.5 Å². The van der Waals surface area contributed by atoms with E-state index >= 15 is 0 Å². The van der Waals surface area contributed by atoms with Crippen molar-refractivity contribution in [2.45, 2.75) is 32.2 Å². The molecule has 2 nitrogen and oxygen atoms in total. The summed E-state index contributed by atoms with van der Waals surface area (Å²) in [6.45, 7) is 4.24. The fourth-order valence-electron chi connectivity index (χ4n) is 2.39. The normalized spacial score (nSPS) is 13.8.